The Kier molecular flexibility index (Phi) is 5.47. The average Bonchev–Trinajstić information content (AvgIpc) is 2.43. The van der Waals surface area contributed by atoms with Gasteiger partial charge in [-0.05, 0) is 25.7 Å². The highest BCUT2D eigenvalue weighted by Crippen LogP contribution is 2.22. The van der Waals surface area contributed by atoms with E-state index in [0.717, 1.165) is 12.5 Å². The summed E-state index contributed by atoms with van der Waals surface area (Å²) in [5.74, 6) is 6.86. The summed E-state index contributed by atoms with van der Waals surface area (Å²) >= 11 is 0. The summed E-state index contributed by atoms with van der Waals surface area (Å²) in [5.41, 5.74) is 2.63. The highest BCUT2D eigenvalue weighted by atomic mass is 15.3. The van der Waals surface area contributed by atoms with Crippen molar-refractivity contribution in [1.82, 2.24) is 10.7 Å². The molecule has 4 nitrogen and oxygen atoms in total. The van der Waals surface area contributed by atoms with Crippen molar-refractivity contribution >= 4 is 5.96 Å². The first-order valence-electron chi connectivity index (χ1n) is 6.05. The molecule has 0 saturated heterocycles. The Labute approximate surface area is 92.7 Å². The van der Waals surface area contributed by atoms with Crippen LogP contribution in [-0.4, -0.2) is 18.5 Å². The lowest BCUT2D eigenvalue weighted by Crippen LogP contribution is -2.48. The zero-order valence-electron chi connectivity index (χ0n) is 9.92. The fourth-order valence-electron chi connectivity index (χ4n) is 2.17. The molecule has 0 aromatic carbocycles. The molecule has 15 heavy (non-hydrogen) atoms. The lowest BCUT2D eigenvalue weighted by Gasteiger charge is -2.24. The molecule has 0 spiro atoms. The minimum Gasteiger partial charge on any atom is -0.352 e. The normalized spacial score (nSPS) is 28.3. The molecule has 1 aliphatic rings. The zero-order valence-corrected chi connectivity index (χ0v) is 9.92. The molecule has 2 unspecified atom stereocenters. The second-order valence-electron chi connectivity index (χ2n) is 4.33. The molecule has 1 aliphatic carbocycles. The standard InChI is InChI=1S/C11H24N4/c1-3-13-11(15-12)14-10-8-6-4-5-7-9(10)2/h9-10H,3-8,12H2,1-2H3,(H2,13,14,15). The summed E-state index contributed by atoms with van der Waals surface area (Å²) in [7, 11) is 0. The molecule has 0 radical (unpaired) electrons. The second-order valence-corrected chi connectivity index (χ2v) is 4.33. The van der Waals surface area contributed by atoms with Gasteiger partial charge in [0.15, 0.2) is 0 Å². The van der Waals surface area contributed by atoms with E-state index in [-0.39, 0.29) is 0 Å². The van der Waals surface area contributed by atoms with Gasteiger partial charge in [-0.1, -0.05) is 26.2 Å². The van der Waals surface area contributed by atoms with Crippen molar-refractivity contribution in [3.8, 4) is 0 Å². The van der Waals surface area contributed by atoms with Gasteiger partial charge in [0.05, 0.1) is 0 Å². The molecule has 1 rings (SSSR count). The van der Waals surface area contributed by atoms with Crippen molar-refractivity contribution < 1.29 is 0 Å². The smallest absolute Gasteiger partial charge is 0.205 e. The van der Waals surface area contributed by atoms with E-state index < -0.39 is 0 Å². The van der Waals surface area contributed by atoms with E-state index in [1.54, 1.807) is 0 Å². The van der Waals surface area contributed by atoms with Crippen LogP contribution in [0, 0.1) is 5.92 Å². The first-order chi connectivity index (χ1) is 7.27. The van der Waals surface area contributed by atoms with Gasteiger partial charge in [-0.3, -0.25) is 10.4 Å². The molecule has 88 valence electrons. The monoisotopic (exact) mass is 212 g/mol. The maximum atomic E-state index is 5.42. The molecular formula is C11H24N4. The lowest BCUT2D eigenvalue weighted by molar-refractivity contribution is 0.397. The van der Waals surface area contributed by atoms with Crippen LogP contribution in [0.1, 0.15) is 46.0 Å². The molecule has 1 fully saturated rings. The third-order valence-electron chi connectivity index (χ3n) is 3.14. The molecule has 0 aromatic rings. The maximum absolute atomic E-state index is 5.42. The Morgan fingerprint density at radius 3 is 2.73 bits per heavy atom. The van der Waals surface area contributed by atoms with Crippen molar-refractivity contribution in [3.63, 3.8) is 0 Å². The van der Waals surface area contributed by atoms with Gasteiger partial charge in [0.1, 0.15) is 0 Å². The fraction of sp³-hybridized carbons (Fsp3) is 0.909. The van der Waals surface area contributed by atoms with Gasteiger partial charge < -0.3 is 5.32 Å². The fourth-order valence-corrected chi connectivity index (χ4v) is 2.17. The number of rotatable bonds is 2. The molecule has 0 aliphatic heterocycles. The van der Waals surface area contributed by atoms with Gasteiger partial charge in [0, 0.05) is 12.6 Å². The van der Waals surface area contributed by atoms with Crippen LogP contribution in [0.25, 0.3) is 0 Å². The highest BCUT2D eigenvalue weighted by molar-refractivity contribution is 5.79. The maximum Gasteiger partial charge on any atom is 0.205 e. The van der Waals surface area contributed by atoms with E-state index in [2.05, 4.69) is 22.7 Å². The number of nitrogens with one attached hydrogen (secondary N) is 2. The topological polar surface area (TPSA) is 62.4 Å². The van der Waals surface area contributed by atoms with Crippen molar-refractivity contribution in [2.24, 2.45) is 16.8 Å². The number of aliphatic imine (C=N–C) groups is 1. The van der Waals surface area contributed by atoms with E-state index in [9.17, 15) is 0 Å². The first-order valence-corrected chi connectivity index (χ1v) is 6.05. The Balaban J connectivity index is 2.49. The second kappa shape index (κ2) is 6.67. The summed E-state index contributed by atoms with van der Waals surface area (Å²) in [6.45, 7) is 5.08. The molecular weight excluding hydrogens is 188 g/mol. The first kappa shape index (κ1) is 12.3. The van der Waals surface area contributed by atoms with E-state index in [1.165, 1.54) is 32.1 Å². The SMILES string of the molecule is CCN=C(NN)NC1CCCCCC1C. The molecule has 4 N–H and O–H groups in total. The molecule has 2 atom stereocenters. The highest BCUT2D eigenvalue weighted by Gasteiger charge is 2.20. The number of nitrogens with two attached hydrogens (primary N) is 1. The van der Waals surface area contributed by atoms with Crippen LogP contribution in [0.4, 0.5) is 0 Å². The average molecular weight is 212 g/mol. The minimum absolute atomic E-state index is 0.522. The minimum atomic E-state index is 0.522. The van der Waals surface area contributed by atoms with Crippen LogP contribution in [0.2, 0.25) is 0 Å². The quantitative estimate of drug-likeness (QED) is 0.213. The third kappa shape index (κ3) is 4.08. The van der Waals surface area contributed by atoms with Gasteiger partial charge >= 0.3 is 0 Å². The largest absolute Gasteiger partial charge is 0.352 e. The Morgan fingerprint density at radius 2 is 2.07 bits per heavy atom. The third-order valence-corrected chi connectivity index (χ3v) is 3.14. The van der Waals surface area contributed by atoms with E-state index >= 15 is 0 Å². The molecule has 1 saturated carbocycles. The van der Waals surface area contributed by atoms with E-state index in [0.29, 0.717) is 12.0 Å². The molecule has 0 amide bonds. The van der Waals surface area contributed by atoms with Gasteiger partial charge in [-0.2, -0.15) is 0 Å². The van der Waals surface area contributed by atoms with E-state index in [1.807, 2.05) is 6.92 Å². The van der Waals surface area contributed by atoms with Crippen LogP contribution in [0.3, 0.4) is 0 Å². The van der Waals surface area contributed by atoms with Gasteiger partial charge in [-0.25, -0.2) is 5.84 Å². The zero-order chi connectivity index (χ0) is 11.1. The number of nitrogens with zero attached hydrogens (tertiary/aromatic N) is 1. The van der Waals surface area contributed by atoms with Crippen LogP contribution in [0.5, 0.6) is 0 Å². The van der Waals surface area contributed by atoms with Crippen molar-refractivity contribution in [2.45, 2.75) is 52.0 Å². The Morgan fingerprint density at radius 1 is 1.33 bits per heavy atom. The summed E-state index contributed by atoms with van der Waals surface area (Å²) in [4.78, 5) is 4.27. The lowest BCUT2D eigenvalue weighted by atomic mass is 9.97. The van der Waals surface area contributed by atoms with Gasteiger partial charge in [0.25, 0.3) is 0 Å². The predicted octanol–water partition coefficient (Wildman–Crippen LogP) is 1.38. The van der Waals surface area contributed by atoms with Crippen molar-refractivity contribution in [1.29, 1.82) is 0 Å². The number of hydrogen-bond donors (Lipinski definition) is 3. The number of hydrazine groups is 1. The number of guanidine groups is 1. The van der Waals surface area contributed by atoms with Crippen LogP contribution in [0.15, 0.2) is 4.99 Å². The van der Waals surface area contributed by atoms with Crippen molar-refractivity contribution in [2.75, 3.05) is 6.54 Å². The predicted molar refractivity (Wildman–Crippen MR) is 64.5 cm³/mol. The summed E-state index contributed by atoms with van der Waals surface area (Å²) in [5, 5.41) is 3.41. The van der Waals surface area contributed by atoms with Crippen LogP contribution in [-0.2, 0) is 0 Å². The van der Waals surface area contributed by atoms with Gasteiger partial charge in [0.2, 0.25) is 5.96 Å². The summed E-state index contributed by atoms with van der Waals surface area (Å²) in [6.07, 6.45) is 6.56. The molecule has 4 heteroatoms. The molecule has 0 aromatic heterocycles. The van der Waals surface area contributed by atoms with Crippen LogP contribution < -0.4 is 16.6 Å². The number of hydrogen-bond acceptors (Lipinski definition) is 2. The van der Waals surface area contributed by atoms with Crippen molar-refractivity contribution in [3.05, 3.63) is 0 Å². The Hall–Kier alpha value is -0.770. The van der Waals surface area contributed by atoms with Crippen LogP contribution >= 0.6 is 0 Å². The van der Waals surface area contributed by atoms with E-state index in [4.69, 9.17) is 5.84 Å². The summed E-state index contributed by atoms with van der Waals surface area (Å²) in [6, 6.07) is 0.522. The summed E-state index contributed by atoms with van der Waals surface area (Å²) < 4.78 is 0. The molecule has 0 bridgehead atoms. The Bertz CT molecular complexity index is 203. The van der Waals surface area contributed by atoms with Gasteiger partial charge in [-0.15, -0.1) is 0 Å². The molecule has 0 heterocycles.